The minimum Gasteiger partial charge on any atom is -0.352 e. The maximum absolute atomic E-state index is 12.4. The van der Waals surface area contributed by atoms with Crippen LogP contribution in [0.2, 0.25) is 5.02 Å². The van der Waals surface area contributed by atoms with E-state index in [-0.39, 0.29) is 5.91 Å². The number of aryl methyl sites for hydroxylation is 2. The normalized spacial score (nSPS) is 10.9. The van der Waals surface area contributed by atoms with Gasteiger partial charge >= 0.3 is 0 Å². The minimum absolute atomic E-state index is 0.0333. The summed E-state index contributed by atoms with van der Waals surface area (Å²) in [6.45, 7) is 4.59. The van der Waals surface area contributed by atoms with Crippen LogP contribution >= 0.6 is 23.4 Å². The highest BCUT2D eigenvalue weighted by Crippen LogP contribution is 2.29. The molecule has 0 bridgehead atoms. The number of pyridine rings is 1. The summed E-state index contributed by atoms with van der Waals surface area (Å²) in [7, 11) is 0. The van der Waals surface area contributed by atoms with Gasteiger partial charge in [0.1, 0.15) is 0 Å². The Balaban J connectivity index is 1.48. The summed E-state index contributed by atoms with van der Waals surface area (Å²) in [4.78, 5) is 16.5. The zero-order valence-corrected chi connectivity index (χ0v) is 20.0. The van der Waals surface area contributed by atoms with Crippen molar-refractivity contribution >= 4 is 29.3 Å². The SMILES string of the molecule is Cc1ccc(-n2c(SCCC(=O)NCc3ccccc3Cl)nnc2-c2ccncc2)cc1C. The van der Waals surface area contributed by atoms with Crippen molar-refractivity contribution in [2.45, 2.75) is 32.0 Å². The summed E-state index contributed by atoms with van der Waals surface area (Å²) in [5, 5.41) is 13.2. The Morgan fingerprint density at radius 1 is 1.03 bits per heavy atom. The van der Waals surface area contributed by atoms with Crippen LogP contribution in [0.4, 0.5) is 0 Å². The lowest BCUT2D eigenvalue weighted by Gasteiger charge is -2.12. The number of nitrogens with one attached hydrogen (secondary N) is 1. The Bertz CT molecular complexity index is 1260. The molecule has 2 heterocycles. The molecule has 168 valence electrons. The van der Waals surface area contributed by atoms with Crippen molar-refractivity contribution in [2.24, 2.45) is 0 Å². The third kappa shape index (κ3) is 5.61. The number of thioether (sulfide) groups is 1. The highest BCUT2D eigenvalue weighted by atomic mass is 35.5. The van der Waals surface area contributed by atoms with Crippen molar-refractivity contribution in [2.75, 3.05) is 5.75 Å². The average molecular weight is 478 g/mol. The third-order valence-electron chi connectivity index (χ3n) is 5.31. The number of nitrogens with zero attached hydrogens (tertiary/aromatic N) is 4. The first-order chi connectivity index (χ1) is 16.0. The summed E-state index contributed by atoms with van der Waals surface area (Å²) in [6, 6.07) is 17.6. The van der Waals surface area contributed by atoms with E-state index in [9.17, 15) is 4.79 Å². The smallest absolute Gasteiger partial charge is 0.221 e. The first-order valence-corrected chi connectivity index (χ1v) is 12.0. The molecule has 0 saturated carbocycles. The largest absolute Gasteiger partial charge is 0.352 e. The van der Waals surface area contributed by atoms with Crippen LogP contribution in [-0.2, 0) is 11.3 Å². The van der Waals surface area contributed by atoms with Crippen molar-refractivity contribution in [3.63, 3.8) is 0 Å². The molecule has 0 saturated heterocycles. The number of carbonyl (C=O) groups excluding carboxylic acids is 1. The van der Waals surface area contributed by atoms with Gasteiger partial charge in [0.2, 0.25) is 5.91 Å². The quantitative estimate of drug-likeness (QED) is 0.344. The maximum Gasteiger partial charge on any atom is 0.221 e. The predicted molar refractivity (Wildman–Crippen MR) is 133 cm³/mol. The van der Waals surface area contributed by atoms with E-state index in [1.807, 2.05) is 41.0 Å². The highest BCUT2D eigenvalue weighted by Gasteiger charge is 2.17. The highest BCUT2D eigenvalue weighted by molar-refractivity contribution is 7.99. The number of benzene rings is 2. The molecule has 0 unspecified atom stereocenters. The number of hydrogen-bond acceptors (Lipinski definition) is 5. The lowest BCUT2D eigenvalue weighted by Crippen LogP contribution is -2.23. The second-order valence-corrected chi connectivity index (χ2v) is 9.08. The van der Waals surface area contributed by atoms with E-state index >= 15 is 0 Å². The fourth-order valence-corrected chi connectivity index (χ4v) is 4.40. The zero-order chi connectivity index (χ0) is 23.2. The third-order valence-corrected chi connectivity index (χ3v) is 6.61. The van der Waals surface area contributed by atoms with Crippen LogP contribution in [-0.4, -0.2) is 31.4 Å². The molecule has 33 heavy (non-hydrogen) atoms. The van der Waals surface area contributed by atoms with Crippen molar-refractivity contribution < 1.29 is 4.79 Å². The zero-order valence-electron chi connectivity index (χ0n) is 18.5. The fourth-order valence-electron chi connectivity index (χ4n) is 3.31. The van der Waals surface area contributed by atoms with E-state index in [0.717, 1.165) is 27.8 Å². The molecule has 0 aliphatic heterocycles. The Kier molecular flexibility index (Phi) is 7.42. The Morgan fingerprint density at radius 2 is 1.82 bits per heavy atom. The van der Waals surface area contributed by atoms with Crippen LogP contribution in [0.3, 0.4) is 0 Å². The number of carbonyl (C=O) groups is 1. The van der Waals surface area contributed by atoms with Gasteiger partial charge in [-0.15, -0.1) is 10.2 Å². The Labute approximate surface area is 202 Å². The van der Waals surface area contributed by atoms with Gasteiger partial charge < -0.3 is 5.32 Å². The standard InChI is InChI=1S/C25H24ClN5OS/c1-17-7-8-21(15-18(17)2)31-24(19-9-12-27-13-10-19)29-30-25(31)33-14-11-23(32)28-16-20-5-3-4-6-22(20)26/h3-10,12-13,15H,11,14,16H2,1-2H3,(H,28,32). The van der Waals surface area contributed by atoms with E-state index in [0.29, 0.717) is 23.7 Å². The molecule has 0 aliphatic carbocycles. The van der Waals surface area contributed by atoms with Gasteiger partial charge in [-0.2, -0.15) is 0 Å². The van der Waals surface area contributed by atoms with Crippen LogP contribution in [0, 0.1) is 13.8 Å². The molecule has 4 aromatic rings. The van der Waals surface area contributed by atoms with Crippen molar-refractivity contribution in [3.05, 3.63) is 88.7 Å². The van der Waals surface area contributed by atoms with Crippen LogP contribution in [0.1, 0.15) is 23.1 Å². The topological polar surface area (TPSA) is 72.7 Å². The van der Waals surface area contributed by atoms with Gasteiger partial charge in [0.15, 0.2) is 11.0 Å². The number of halogens is 1. The van der Waals surface area contributed by atoms with Crippen molar-refractivity contribution in [1.29, 1.82) is 0 Å². The lowest BCUT2D eigenvalue weighted by molar-refractivity contribution is -0.120. The van der Waals surface area contributed by atoms with Gasteiger partial charge in [-0.25, -0.2) is 0 Å². The molecule has 1 N–H and O–H groups in total. The van der Waals surface area contributed by atoms with Gasteiger partial charge in [-0.05, 0) is 60.9 Å². The van der Waals surface area contributed by atoms with Crippen LogP contribution < -0.4 is 5.32 Å². The number of hydrogen-bond donors (Lipinski definition) is 1. The Hall–Kier alpha value is -3.16. The van der Waals surface area contributed by atoms with Crippen molar-refractivity contribution in [3.8, 4) is 17.1 Å². The summed E-state index contributed by atoms with van der Waals surface area (Å²) in [5.41, 5.74) is 5.23. The molecule has 0 fully saturated rings. The maximum atomic E-state index is 12.4. The van der Waals surface area contributed by atoms with Crippen LogP contribution in [0.25, 0.3) is 17.1 Å². The van der Waals surface area contributed by atoms with Gasteiger partial charge in [0, 0.05) is 41.7 Å². The predicted octanol–water partition coefficient (Wildman–Crippen LogP) is 5.40. The summed E-state index contributed by atoms with van der Waals surface area (Å²) in [5.74, 6) is 1.29. The molecule has 1 amide bonds. The molecular weight excluding hydrogens is 454 g/mol. The molecular formula is C25H24ClN5OS. The molecule has 0 radical (unpaired) electrons. The summed E-state index contributed by atoms with van der Waals surface area (Å²) < 4.78 is 2.04. The van der Waals surface area contributed by atoms with E-state index < -0.39 is 0 Å². The number of amides is 1. The van der Waals surface area contributed by atoms with Gasteiger partial charge in [-0.1, -0.05) is 47.6 Å². The molecule has 0 spiro atoms. The monoisotopic (exact) mass is 477 g/mol. The van der Waals surface area contributed by atoms with E-state index in [1.54, 1.807) is 12.4 Å². The molecule has 6 nitrogen and oxygen atoms in total. The lowest BCUT2D eigenvalue weighted by atomic mass is 10.1. The summed E-state index contributed by atoms with van der Waals surface area (Å²) >= 11 is 7.67. The average Bonchev–Trinajstić information content (AvgIpc) is 3.25. The molecule has 2 aromatic carbocycles. The van der Waals surface area contributed by atoms with Gasteiger partial charge in [0.25, 0.3) is 0 Å². The first-order valence-electron chi connectivity index (χ1n) is 10.6. The Morgan fingerprint density at radius 3 is 2.58 bits per heavy atom. The first kappa shape index (κ1) is 23.0. The van der Waals surface area contributed by atoms with E-state index in [4.69, 9.17) is 11.6 Å². The molecule has 4 rings (SSSR count). The van der Waals surface area contributed by atoms with Crippen molar-refractivity contribution in [1.82, 2.24) is 25.1 Å². The molecule has 0 aliphatic rings. The second kappa shape index (κ2) is 10.6. The van der Waals surface area contributed by atoms with Gasteiger partial charge in [0.05, 0.1) is 5.69 Å². The molecule has 2 aromatic heterocycles. The van der Waals surface area contributed by atoms with Crippen LogP contribution in [0.15, 0.2) is 72.1 Å². The van der Waals surface area contributed by atoms with Crippen LogP contribution in [0.5, 0.6) is 0 Å². The summed E-state index contributed by atoms with van der Waals surface area (Å²) in [6.07, 6.45) is 3.84. The number of rotatable bonds is 8. The molecule has 8 heteroatoms. The van der Waals surface area contributed by atoms with E-state index in [2.05, 4.69) is 52.5 Å². The van der Waals surface area contributed by atoms with E-state index in [1.165, 1.54) is 22.9 Å². The minimum atomic E-state index is -0.0333. The molecule has 0 atom stereocenters. The number of aromatic nitrogens is 4. The second-order valence-electron chi connectivity index (χ2n) is 7.61. The fraction of sp³-hybridized carbons (Fsp3) is 0.200. The van der Waals surface area contributed by atoms with Gasteiger partial charge in [-0.3, -0.25) is 14.3 Å².